The van der Waals surface area contributed by atoms with Crippen LogP contribution in [0.1, 0.15) is 51.6 Å². The van der Waals surface area contributed by atoms with Crippen molar-refractivity contribution in [2.75, 3.05) is 5.32 Å². The lowest BCUT2D eigenvalue weighted by atomic mass is 10.0. The highest BCUT2D eigenvalue weighted by Crippen LogP contribution is 2.17. The second-order valence-electron chi connectivity index (χ2n) is 7.36. The van der Waals surface area contributed by atoms with Crippen molar-refractivity contribution in [2.24, 2.45) is 5.10 Å². The first-order valence-corrected chi connectivity index (χ1v) is 9.92. The summed E-state index contributed by atoms with van der Waals surface area (Å²) in [6.45, 7) is 4.23. The van der Waals surface area contributed by atoms with E-state index in [9.17, 15) is 19.7 Å². The van der Waals surface area contributed by atoms with Crippen LogP contribution in [0.3, 0.4) is 0 Å². The van der Waals surface area contributed by atoms with Gasteiger partial charge in [0.15, 0.2) is 0 Å². The van der Waals surface area contributed by atoms with Gasteiger partial charge in [0, 0.05) is 28.9 Å². The molecule has 0 spiro atoms. The molecule has 0 heterocycles. The zero-order valence-electron chi connectivity index (χ0n) is 17.6. The van der Waals surface area contributed by atoms with E-state index in [0.29, 0.717) is 17.2 Å². The van der Waals surface area contributed by atoms with Crippen LogP contribution < -0.4 is 10.7 Å². The molecule has 0 radical (unpaired) electrons. The summed E-state index contributed by atoms with van der Waals surface area (Å²) in [4.78, 5) is 35.1. The lowest BCUT2D eigenvalue weighted by molar-refractivity contribution is -0.384. The van der Waals surface area contributed by atoms with Gasteiger partial charge in [-0.2, -0.15) is 5.10 Å². The Morgan fingerprint density at radius 3 is 2.25 bits per heavy atom. The third kappa shape index (κ3) is 5.85. The summed E-state index contributed by atoms with van der Waals surface area (Å²) < 4.78 is 0. The molecule has 0 aliphatic carbocycles. The van der Waals surface area contributed by atoms with Crippen molar-refractivity contribution in [2.45, 2.75) is 19.8 Å². The van der Waals surface area contributed by atoms with Gasteiger partial charge in [0.1, 0.15) is 0 Å². The first-order chi connectivity index (χ1) is 15.3. The molecule has 2 N–H and O–H groups in total. The molecular formula is C24H22N4O4. The highest BCUT2D eigenvalue weighted by atomic mass is 16.6. The van der Waals surface area contributed by atoms with E-state index < -0.39 is 16.7 Å². The largest absolute Gasteiger partial charge is 0.322 e. The number of nitro benzene ring substituents is 1. The Morgan fingerprint density at radius 2 is 1.59 bits per heavy atom. The Morgan fingerprint density at radius 1 is 0.938 bits per heavy atom. The molecule has 0 aliphatic heterocycles. The summed E-state index contributed by atoms with van der Waals surface area (Å²) in [5.41, 5.74) is 5.17. The van der Waals surface area contributed by atoms with Gasteiger partial charge in [-0.05, 0) is 41.3 Å². The summed E-state index contributed by atoms with van der Waals surface area (Å²) >= 11 is 0. The lowest BCUT2D eigenvalue weighted by Gasteiger charge is -2.07. The molecule has 3 rings (SSSR count). The number of carbonyl (C=O) groups excluding carboxylic acids is 2. The van der Waals surface area contributed by atoms with Crippen LogP contribution in [0.2, 0.25) is 0 Å². The van der Waals surface area contributed by atoms with Gasteiger partial charge in [-0.1, -0.05) is 50.2 Å². The number of non-ortho nitro benzene ring substituents is 1. The van der Waals surface area contributed by atoms with Crippen LogP contribution in [0.4, 0.5) is 11.4 Å². The number of nitrogens with zero attached hydrogens (tertiary/aromatic N) is 2. The van der Waals surface area contributed by atoms with E-state index in [4.69, 9.17) is 0 Å². The number of benzene rings is 3. The first-order valence-electron chi connectivity index (χ1n) is 9.92. The zero-order valence-corrected chi connectivity index (χ0v) is 17.6. The quantitative estimate of drug-likeness (QED) is 0.320. The third-order valence-corrected chi connectivity index (χ3v) is 4.68. The number of hydrogen-bond donors (Lipinski definition) is 2. The molecule has 8 nitrogen and oxygen atoms in total. The monoisotopic (exact) mass is 430 g/mol. The predicted molar refractivity (Wildman–Crippen MR) is 123 cm³/mol. The zero-order chi connectivity index (χ0) is 23.1. The average molecular weight is 430 g/mol. The van der Waals surface area contributed by atoms with Gasteiger partial charge in [-0.15, -0.1) is 0 Å². The SMILES string of the molecule is CC(C)c1ccc(C=NNC(=O)c2cccc(NC(=O)c3cccc([N+](=O)[O-])c3)c2)cc1. The third-order valence-electron chi connectivity index (χ3n) is 4.68. The minimum atomic E-state index is -0.569. The smallest absolute Gasteiger partial charge is 0.271 e. The maximum Gasteiger partial charge on any atom is 0.271 e. The van der Waals surface area contributed by atoms with Crippen molar-refractivity contribution in [1.29, 1.82) is 0 Å². The molecule has 0 aromatic heterocycles. The summed E-state index contributed by atoms with van der Waals surface area (Å²) in [6, 6.07) is 19.6. The van der Waals surface area contributed by atoms with E-state index in [-0.39, 0.29) is 11.3 Å². The molecule has 0 bridgehead atoms. The summed E-state index contributed by atoms with van der Waals surface area (Å²) in [6.07, 6.45) is 1.55. The molecule has 32 heavy (non-hydrogen) atoms. The van der Waals surface area contributed by atoms with Gasteiger partial charge in [0.2, 0.25) is 0 Å². The molecule has 0 unspecified atom stereocenters. The molecular weight excluding hydrogens is 408 g/mol. The molecule has 2 amide bonds. The Bertz CT molecular complexity index is 1170. The van der Waals surface area contributed by atoms with Crippen molar-refractivity contribution in [3.8, 4) is 0 Å². The maximum absolute atomic E-state index is 12.4. The molecule has 0 fully saturated rings. The Labute approximate surface area is 185 Å². The first kappa shape index (κ1) is 22.4. The van der Waals surface area contributed by atoms with E-state index in [1.807, 2.05) is 24.3 Å². The number of carbonyl (C=O) groups is 2. The molecule has 0 saturated carbocycles. The molecule has 3 aromatic carbocycles. The van der Waals surface area contributed by atoms with E-state index in [0.717, 1.165) is 5.56 Å². The minimum Gasteiger partial charge on any atom is -0.322 e. The molecule has 0 atom stereocenters. The van der Waals surface area contributed by atoms with Crippen LogP contribution in [0.5, 0.6) is 0 Å². The molecule has 162 valence electrons. The average Bonchev–Trinajstić information content (AvgIpc) is 2.79. The predicted octanol–water partition coefficient (Wildman–Crippen LogP) is 4.73. The lowest BCUT2D eigenvalue weighted by Crippen LogP contribution is -2.18. The summed E-state index contributed by atoms with van der Waals surface area (Å²) in [5.74, 6) is -0.522. The van der Waals surface area contributed by atoms with Crippen LogP contribution in [0.15, 0.2) is 77.9 Å². The molecule has 3 aromatic rings. The van der Waals surface area contributed by atoms with Crippen molar-refractivity contribution < 1.29 is 14.5 Å². The van der Waals surface area contributed by atoms with Gasteiger partial charge in [0.05, 0.1) is 11.1 Å². The van der Waals surface area contributed by atoms with Crippen LogP contribution in [0, 0.1) is 10.1 Å². The number of hydrogen-bond acceptors (Lipinski definition) is 5. The van der Waals surface area contributed by atoms with E-state index in [2.05, 4.69) is 29.7 Å². The van der Waals surface area contributed by atoms with E-state index >= 15 is 0 Å². The van der Waals surface area contributed by atoms with Crippen LogP contribution in [-0.4, -0.2) is 23.0 Å². The highest BCUT2D eigenvalue weighted by molar-refractivity contribution is 6.05. The molecule has 0 aliphatic rings. The van der Waals surface area contributed by atoms with E-state index in [1.165, 1.54) is 35.9 Å². The summed E-state index contributed by atoms with van der Waals surface area (Å²) in [5, 5.41) is 17.5. The standard InChI is InChI=1S/C24H22N4O4/c1-16(2)18-11-9-17(10-12-18)15-25-27-24(30)19-5-3-7-21(13-19)26-23(29)20-6-4-8-22(14-20)28(31)32/h3-16H,1-2H3,(H,26,29)(H,27,30). The normalized spacial score (nSPS) is 10.8. The number of rotatable bonds is 7. The number of amides is 2. The minimum absolute atomic E-state index is 0.141. The van der Waals surface area contributed by atoms with Crippen molar-refractivity contribution in [3.63, 3.8) is 0 Å². The second-order valence-corrected chi connectivity index (χ2v) is 7.36. The van der Waals surface area contributed by atoms with Crippen LogP contribution >= 0.6 is 0 Å². The highest BCUT2D eigenvalue weighted by Gasteiger charge is 2.12. The maximum atomic E-state index is 12.4. The van der Waals surface area contributed by atoms with E-state index in [1.54, 1.807) is 24.4 Å². The van der Waals surface area contributed by atoms with Crippen molar-refractivity contribution in [3.05, 3.63) is 105 Å². The molecule has 0 saturated heterocycles. The topological polar surface area (TPSA) is 114 Å². The summed E-state index contributed by atoms with van der Waals surface area (Å²) in [7, 11) is 0. The van der Waals surface area contributed by atoms with Gasteiger partial charge in [-0.3, -0.25) is 19.7 Å². The Balaban J connectivity index is 1.63. The fourth-order valence-corrected chi connectivity index (χ4v) is 2.90. The fourth-order valence-electron chi connectivity index (χ4n) is 2.90. The number of nitrogens with one attached hydrogen (secondary N) is 2. The van der Waals surface area contributed by atoms with Gasteiger partial charge in [-0.25, -0.2) is 5.43 Å². The van der Waals surface area contributed by atoms with Gasteiger partial charge in [0.25, 0.3) is 17.5 Å². The number of hydrazone groups is 1. The Kier molecular flexibility index (Phi) is 7.07. The van der Waals surface area contributed by atoms with Crippen molar-refractivity contribution in [1.82, 2.24) is 5.43 Å². The second kappa shape index (κ2) is 10.1. The van der Waals surface area contributed by atoms with Gasteiger partial charge >= 0.3 is 0 Å². The molecule has 8 heteroatoms. The number of nitro groups is 1. The van der Waals surface area contributed by atoms with Crippen LogP contribution in [-0.2, 0) is 0 Å². The van der Waals surface area contributed by atoms with Crippen LogP contribution in [0.25, 0.3) is 0 Å². The fraction of sp³-hybridized carbons (Fsp3) is 0.125. The Hall–Kier alpha value is -4.33. The van der Waals surface area contributed by atoms with Gasteiger partial charge < -0.3 is 5.32 Å². The number of anilines is 1. The van der Waals surface area contributed by atoms with Crippen molar-refractivity contribution >= 4 is 29.4 Å².